The number of ether oxygens (including phenoxy) is 1. The summed E-state index contributed by atoms with van der Waals surface area (Å²) >= 11 is 3.42. The lowest BCUT2D eigenvalue weighted by molar-refractivity contribution is 0.299. The summed E-state index contributed by atoms with van der Waals surface area (Å²) in [5, 5.41) is 0. The molecule has 2 aromatic heterocycles. The first-order chi connectivity index (χ1) is 8.75. The number of halogens is 1. The fourth-order valence-corrected chi connectivity index (χ4v) is 1.81. The van der Waals surface area contributed by atoms with E-state index < -0.39 is 0 Å². The average Bonchev–Trinajstić information content (AvgIpc) is 2.40. The molecule has 3 nitrogen and oxygen atoms in total. The third-order valence-electron chi connectivity index (χ3n) is 2.63. The van der Waals surface area contributed by atoms with Gasteiger partial charge in [-0.15, -0.1) is 0 Å². The molecule has 2 aromatic rings. The summed E-state index contributed by atoms with van der Waals surface area (Å²) in [6.07, 6.45) is 7.37. The van der Waals surface area contributed by atoms with Gasteiger partial charge in [0, 0.05) is 29.1 Å². The Morgan fingerprint density at radius 2 is 2.06 bits per heavy atom. The van der Waals surface area contributed by atoms with E-state index >= 15 is 0 Å². The number of nitrogens with zero attached hydrogens (tertiary/aromatic N) is 2. The second-order valence-corrected chi connectivity index (χ2v) is 4.93. The van der Waals surface area contributed by atoms with Gasteiger partial charge >= 0.3 is 0 Å². The predicted molar refractivity (Wildman–Crippen MR) is 74.7 cm³/mol. The number of rotatable bonds is 5. The van der Waals surface area contributed by atoms with Gasteiger partial charge in [-0.05, 0) is 59.0 Å². The molecule has 0 aliphatic rings. The van der Waals surface area contributed by atoms with Crippen LogP contribution in [0, 0.1) is 6.92 Å². The summed E-state index contributed by atoms with van der Waals surface area (Å²) in [4.78, 5) is 8.20. The van der Waals surface area contributed by atoms with Gasteiger partial charge in [-0.2, -0.15) is 0 Å². The van der Waals surface area contributed by atoms with Crippen LogP contribution in [0.4, 0.5) is 0 Å². The molecule has 4 heteroatoms. The second kappa shape index (κ2) is 6.50. The topological polar surface area (TPSA) is 35.0 Å². The molecule has 0 saturated carbocycles. The van der Waals surface area contributed by atoms with E-state index in [-0.39, 0.29) is 0 Å². The maximum Gasteiger partial charge on any atom is 0.213 e. The van der Waals surface area contributed by atoms with Gasteiger partial charge in [0.15, 0.2) is 0 Å². The van der Waals surface area contributed by atoms with Gasteiger partial charge in [-0.25, -0.2) is 4.98 Å². The van der Waals surface area contributed by atoms with Crippen LogP contribution in [0.3, 0.4) is 0 Å². The largest absolute Gasteiger partial charge is 0.478 e. The van der Waals surface area contributed by atoms with Crippen LogP contribution in [0.25, 0.3) is 0 Å². The fourth-order valence-electron chi connectivity index (χ4n) is 1.59. The van der Waals surface area contributed by atoms with E-state index in [0.717, 1.165) is 22.9 Å². The lowest BCUT2D eigenvalue weighted by Gasteiger charge is -2.06. The summed E-state index contributed by atoms with van der Waals surface area (Å²) in [6.45, 7) is 2.70. The molecule has 0 radical (unpaired) electrons. The van der Waals surface area contributed by atoms with E-state index in [0.29, 0.717) is 12.5 Å². The monoisotopic (exact) mass is 306 g/mol. The minimum Gasteiger partial charge on any atom is -0.478 e. The molecule has 0 unspecified atom stereocenters. The zero-order valence-corrected chi connectivity index (χ0v) is 11.9. The van der Waals surface area contributed by atoms with E-state index in [1.807, 2.05) is 37.5 Å². The molecule has 2 rings (SSSR count). The second-order valence-electron chi connectivity index (χ2n) is 4.08. The normalized spacial score (nSPS) is 10.3. The van der Waals surface area contributed by atoms with E-state index in [1.54, 1.807) is 6.20 Å². The quantitative estimate of drug-likeness (QED) is 0.792. The zero-order chi connectivity index (χ0) is 12.8. The summed E-state index contributed by atoms with van der Waals surface area (Å²) in [7, 11) is 0. The van der Waals surface area contributed by atoms with Crippen molar-refractivity contribution in [2.75, 3.05) is 6.61 Å². The van der Waals surface area contributed by atoms with Crippen molar-refractivity contribution in [3.63, 3.8) is 0 Å². The van der Waals surface area contributed by atoms with E-state index in [9.17, 15) is 0 Å². The molecule has 0 N–H and O–H groups in total. The molecule has 0 amide bonds. The number of hydrogen-bond donors (Lipinski definition) is 0. The summed E-state index contributed by atoms with van der Waals surface area (Å²) in [5.74, 6) is 0.686. The maximum atomic E-state index is 5.62. The molecule has 0 aromatic carbocycles. The van der Waals surface area contributed by atoms with Crippen LogP contribution < -0.4 is 4.74 Å². The van der Waals surface area contributed by atoms with Crippen LogP contribution in [0.1, 0.15) is 17.5 Å². The van der Waals surface area contributed by atoms with Gasteiger partial charge in [0.1, 0.15) is 0 Å². The molecular weight excluding hydrogens is 292 g/mol. The van der Waals surface area contributed by atoms with Crippen molar-refractivity contribution >= 4 is 15.9 Å². The standard InChI is InChI=1S/C14H15BrN2O/c1-11-9-14(17-10-13(11)15)18-8-2-3-12-4-6-16-7-5-12/h4-7,9-10H,2-3,8H2,1H3. The molecule has 2 heterocycles. The highest BCUT2D eigenvalue weighted by molar-refractivity contribution is 9.10. The van der Waals surface area contributed by atoms with Gasteiger partial charge in [-0.3, -0.25) is 4.98 Å². The van der Waals surface area contributed by atoms with E-state index in [1.165, 1.54) is 5.56 Å². The average molecular weight is 307 g/mol. The summed E-state index contributed by atoms with van der Waals surface area (Å²) < 4.78 is 6.62. The minimum absolute atomic E-state index is 0.677. The Hall–Kier alpha value is -1.42. The lowest BCUT2D eigenvalue weighted by atomic mass is 10.1. The van der Waals surface area contributed by atoms with Crippen LogP contribution in [0.2, 0.25) is 0 Å². The van der Waals surface area contributed by atoms with E-state index in [2.05, 4.69) is 25.9 Å². The first-order valence-electron chi connectivity index (χ1n) is 5.89. The van der Waals surface area contributed by atoms with Crippen LogP contribution in [0.5, 0.6) is 5.88 Å². The van der Waals surface area contributed by atoms with Gasteiger partial charge in [0.2, 0.25) is 5.88 Å². The van der Waals surface area contributed by atoms with Gasteiger partial charge in [0.25, 0.3) is 0 Å². The number of aryl methyl sites for hydroxylation is 2. The third-order valence-corrected chi connectivity index (χ3v) is 3.46. The molecular formula is C14H15BrN2O. The molecule has 0 spiro atoms. The van der Waals surface area contributed by atoms with Crippen molar-refractivity contribution in [1.29, 1.82) is 0 Å². The fraction of sp³-hybridized carbons (Fsp3) is 0.286. The van der Waals surface area contributed by atoms with Crippen molar-refractivity contribution in [2.24, 2.45) is 0 Å². The molecule has 0 aliphatic carbocycles. The Kier molecular flexibility index (Phi) is 4.70. The number of hydrogen-bond acceptors (Lipinski definition) is 3. The molecule has 94 valence electrons. The maximum absolute atomic E-state index is 5.62. The Morgan fingerprint density at radius 1 is 1.28 bits per heavy atom. The van der Waals surface area contributed by atoms with Gasteiger partial charge in [-0.1, -0.05) is 0 Å². The first-order valence-corrected chi connectivity index (χ1v) is 6.69. The Bertz CT molecular complexity index is 502. The molecule has 18 heavy (non-hydrogen) atoms. The van der Waals surface area contributed by atoms with Crippen molar-refractivity contribution in [3.05, 3.63) is 52.4 Å². The lowest BCUT2D eigenvalue weighted by Crippen LogP contribution is -2.01. The highest BCUT2D eigenvalue weighted by atomic mass is 79.9. The summed E-state index contributed by atoms with van der Waals surface area (Å²) in [5.41, 5.74) is 2.42. The number of aromatic nitrogens is 2. The highest BCUT2D eigenvalue weighted by Crippen LogP contribution is 2.18. The van der Waals surface area contributed by atoms with Crippen LogP contribution >= 0.6 is 15.9 Å². The molecule has 0 bridgehead atoms. The molecule has 0 aliphatic heterocycles. The van der Waals surface area contributed by atoms with Crippen molar-refractivity contribution in [1.82, 2.24) is 9.97 Å². The Balaban J connectivity index is 1.77. The predicted octanol–water partition coefficient (Wildman–Crippen LogP) is 3.56. The molecule has 0 fully saturated rings. The van der Waals surface area contributed by atoms with Crippen LogP contribution in [-0.4, -0.2) is 16.6 Å². The Morgan fingerprint density at radius 3 is 2.78 bits per heavy atom. The summed E-state index contributed by atoms with van der Waals surface area (Å²) in [6, 6.07) is 6.00. The minimum atomic E-state index is 0.677. The number of pyridine rings is 2. The van der Waals surface area contributed by atoms with Crippen LogP contribution in [0.15, 0.2) is 41.3 Å². The smallest absolute Gasteiger partial charge is 0.213 e. The Labute approximate surface area is 115 Å². The molecule has 0 atom stereocenters. The van der Waals surface area contributed by atoms with Crippen LogP contribution in [-0.2, 0) is 6.42 Å². The van der Waals surface area contributed by atoms with Crippen molar-refractivity contribution in [2.45, 2.75) is 19.8 Å². The van der Waals surface area contributed by atoms with Crippen molar-refractivity contribution < 1.29 is 4.74 Å². The highest BCUT2D eigenvalue weighted by Gasteiger charge is 2.00. The van der Waals surface area contributed by atoms with E-state index in [4.69, 9.17) is 4.74 Å². The zero-order valence-electron chi connectivity index (χ0n) is 10.3. The van der Waals surface area contributed by atoms with Crippen molar-refractivity contribution in [3.8, 4) is 5.88 Å². The first kappa shape index (κ1) is 13.0. The third kappa shape index (κ3) is 3.81. The van der Waals surface area contributed by atoms with Gasteiger partial charge in [0.05, 0.1) is 6.61 Å². The SMILES string of the molecule is Cc1cc(OCCCc2ccncc2)ncc1Br. The molecule has 0 saturated heterocycles. The van der Waals surface area contributed by atoms with Gasteiger partial charge < -0.3 is 4.74 Å².